The highest BCUT2D eigenvalue weighted by Gasteiger charge is 2.14. The van der Waals surface area contributed by atoms with Crippen LogP contribution in [0.25, 0.3) is 0 Å². The van der Waals surface area contributed by atoms with E-state index in [0.717, 1.165) is 11.4 Å². The predicted octanol–water partition coefficient (Wildman–Crippen LogP) is 3.87. The van der Waals surface area contributed by atoms with Crippen molar-refractivity contribution in [1.29, 1.82) is 0 Å². The lowest BCUT2D eigenvalue weighted by Crippen LogP contribution is -2.33. The van der Waals surface area contributed by atoms with E-state index in [-0.39, 0.29) is 5.91 Å². The fraction of sp³-hybridized carbons (Fsp3) is 0.316. The Kier molecular flexibility index (Phi) is 5.59. The van der Waals surface area contributed by atoms with Crippen LogP contribution in [0.5, 0.6) is 0 Å². The second-order valence-electron chi connectivity index (χ2n) is 5.48. The topological polar surface area (TPSA) is 23.6 Å². The Hall–Kier alpha value is -2.29. The molecule has 0 aliphatic rings. The molecular formula is C19H24N2O. The SMILES string of the molecule is CCN(C(=O)CCN(C)c1ccccc1)c1cccc(C)c1. The zero-order valence-electron chi connectivity index (χ0n) is 13.6. The van der Waals surface area contributed by atoms with Gasteiger partial charge in [-0.2, -0.15) is 0 Å². The normalized spacial score (nSPS) is 10.3. The maximum atomic E-state index is 12.5. The first-order chi connectivity index (χ1) is 10.6. The van der Waals surface area contributed by atoms with Crippen molar-refractivity contribution in [3.05, 3.63) is 60.2 Å². The van der Waals surface area contributed by atoms with Crippen molar-refractivity contribution in [3.63, 3.8) is 0 Å². The van der Waals surface area contributed by atoms with E-state index in [2.05, 4.69) is 23.1 Å². The highest BCUT2D eigenvalue weighted by Crippen LogP contribution is 2.17. The molecule has 0 heterocycles. The molecule has 2 rings (SSSR count). The molecule has 0 fully saturated rings. The number of para-hydroxylation sites is 1. The van der Waals surface area contributed by atoms with Crippen LogP contribution in [0.3, 0.4) is 0 Å². The van der Waals surface area contributed by atoms with Crippen molar-refractivity contribution >= 4 is 17.3 Å². The molecule has 0 aliphatic heterocycles. The number of carbonyl (C=O) groups is 1. The van der Waals surface area contributed by atoms with Gasteiger partial charge >= 0.3 is 0 Å². The van der Waals surface area contributed by atoms with Crippen LogP contribution in [-0.4, -0.2) is 26.0 Å². The van der Waals surface area contributed by atoms with Crippen molar-refractivity contribution in [2.45, 2.75) is 20.3 Å². The summed E-state index contributed by atoms with van der Waals surface area (Å²) >= 11 is 0. The summed E-state index contributed by atoms with van der Waals surface area (Å²) in [5, 5.41) is 0. The van der Waals surface area contributed by atoms with Gasteiger partial charge in [0.05, 0.1) is 0 Å². The van der Waals surface area contributed by atoms with Gasteiger partial charge in [-0.05, 0) is 43.7 Å². The standard InChI is InChI=1S/C19H24N2O/c1-4-21(18-12-8-9-16(2)15-18)19(22)13-14-20(3)17-10-6-5-7-11-17/h5-12,15H,4,13-14H2,1-3H3. The molecule has 2 aromatic rings. The van der Waals surface area contributed by atoms with Gasteiger partial charge < -0.3 is 9.80 Å². The number of rotatable bonds is 6. The summed E-state index contributed by atoms with van der Waals surface area (Å²) in [4.78, 5) is 16.5. The summed E-state index contributed by atoms with van der Waals surface area (Å²) in [6, 6.07) is 18.2. The van der Waals surface area contributed by atoms with Gasteiger partial charge in [0.2, 0.25) is 5.91 Å². The van der Waals surface area contributed by atoms with Gasteiger partial charge in [0, 0.05) is 37.9 Å². The molecule has 2 aromatic carbocycles. The number of hydrogen-bond acceptors (Lipinski definition) is 2. The van der Waals surface area contributed by atoms with E-state index in [1.54, 1.807) is 0 Å². The third-order valence-corrected chi connectivity index (χ3v) is 3.79. The number of hydrogen-bond donors (Lipinski definition) is 0. The minimum atomic E-state index is 0.163. The average Bonchev–Trinajstić information content (AvgIpc) is 2.54. The lowest BCUT2D eigenvalue weighted by atomic mass is 10.2. The zero-order valence-corrected chi connectivity index (χ0v) is 13.6. The molecule has 0 N–H and O–H groups in total. The fourth-order valence-electron chi connectivity index (χ4n) is 2.51. The third kappa shape index (κ3) is 4.10. The van der Waals surface area contributed by atoms with E-state index in [1.807, 2.05) is 62.2 Å². The molecule has 1 amide bonds. The summed E-state index contributed by atoms with van der Waals surface area (Å²) < 4.78 is 0. The predicted molar refractivity (Wildman–Crippen MR) is 93.5 cm³/mol. The average molecular weight is 296 g/mol. The summed E-state index contributed by atoms with van der Waals surface area (Å²) in [7, 11) is 2.02. The third-order valence-electron chi connectivity index (χ3n) is 3.79. The molecule has 0 radical (unpaired) electrons. The second-order valence-corrected chi connectivity index (χ2v) is 5.48. The van der Waals surface area contributed by atoms with Crippen LogP contribution >= 0.6 is 0 Å². The van der Waals surface area contributed by atoms with Crippen LogP contribution < -0.4 is 9.80 Å². The van der Waals surface area contributed by atoms with Crippen LogP contribution in [0.1, 0.15) is 18.9 Å². The number of amides is 1. The summed E-state index contributed by atoms with van der Waals surface area (Å²) in [5.74, 6) is 0.163. The molecule has 3 nitrogen and oxygen atoms in total. The van der Waals surface area contributed by atoms with Gasteiger partial charge in [-0.1, -0.05) is 30.3 Å². The Labute approximate surface area is 133 Å². The van der Waals surface area contributed by atoms with Crippen LogP contribution in [0.15, 0.2) is 54.6 Å². The van der Waals surface area contributed by atoms with Gasteiger partial charge in [-0.25, -0.2) is 0 Å². The van der Waals surface area contributed by atoms with E-state index in [4.69, 9.17) is 0 Å². The first-order valence-electron chi connectivity index (χ1n) is 7.75. The lowest BCUT2D eigenvalue weighted by molar-refractivity contribution is -0.118. The first-order valence-corrected chi connectivity index (χ1v) is 7.75. The Balaban J connectivity index is 1.98. The number of anilines is 2. The largest absolute Gasteiger partial charge is 0.374 e. The quantitative estimate of drug-likeness (QED) is 0.808. The summed E-state index contributed by atoms with van der Waals surface area (Å²) in [6.07, 6.45) is 0.507. The molecule has 0 unspecified atom stereocenters. The van der Waals surface area contributed by atoms with E-state index < -0.39 is 0 Å². The number of aryl methyl sites for hydroxylation is 1. The molecule has 3 heteroatoms. The second kappa shape index (κ2) is 7.64. The van der Waals surface area contributed by atoms with Gasteiger partial charge in [-0.15, -0.1) is 0 Å². The van der Waals surface area contributed by atoms with Crippen molar-refractivity contribution in [2.24, 2.45) is 0 Å². The van der Waals surface area contributed by atoms with Crippen molar-refractivity contribution in [3.8, 4) is 0 Å². The van der Waals surface area contributed by atoms with Crippen LogP contribution in [-0.2, 0) is 4.79 Å². The Morgan fingerprint density at radius 1 is 1.00 bits per heavy atom. The fourth-order valence-corrected chi connectivity index (χ4v) is 2.51. The molecule has 0 atom stereocenters. The maximum absolute atomic E-state index is 12.5. The number of benzene rings is 2. The molecule has 0 aliphatic carbocycles. The van der Waals surface area contributed by atoms with Gasteiger partial charge in [0.15, 0.2) is 0 Å². The minimum Gasteiger partial charge on any atom is -0.374 e. The summed E-state index contributed by atoms with van der Waals surface area (Å²) in [5.41, 5.74) is 3.29. The van der Waals surface area contributed by atoms with Crippen LogP contribution in [0.4, 0.5) is 11.4 Å². The van der Waals surface area contributed by atoms with Crippen LogP contribution in [0.2, 0.25) is 0 Å². The minimum absolute atomic E-state index is 0.163. The highest BCUT2D eigenvalue weighted by atomic mass is 16.2. The van der Waals surface area contributed by atoms with Crippen molar-refractivity contribution in [2.75, 3.05) is 29.9 Å². The first kappa shape index (κ1) is 16.1. The van der Waals surface area contributed by atoms with E-state index >= 15 is 0 Å². The van der Waals surface area contributed by atoms with Gasteiger partial charge in [0.1, 0.15) is 0 Å². The summed E-state index contributed by atoms with van der Waals surface area (Å²) in [6.45, 7) is 5.47. The van der Waals surface area contributed by atoms with Gasteiger partial charge in [-0.3, -0.25) is 4.79 Å². The molecule has 116 valence electrons. The highest BCUT2D eigenvalue weighted by molar-refractivity contribution is 5.93. The Morgan fingerprint density at radius 2 is 1.68 bits per heavy atom. The zero-order chi connectivity index (χ0) is 15.9. The maximum Gasteiger partial charge on any atom is 0.228 e. The molecule has 0 saturated carbocycles. The van der Waals surface area contributed by atoms with E-state index in [1.165, 1.54) is 5.56 Å². The van der Waals surface area contributed by atoms with E-state index in [9.17, 15) is 4.79 Å². The molecule has 0 spiro atoms. The van der Waals surface area contributed by atoms with Crippen molar-refractivity contribution < 1.29 is 4.79 Å². The van der Waals surface area contributed by atoms with Crippen molar-refractivity contribution in [1.82, 2.24) is 0 Å². The smallest absolute Gasteiger partial charge is 0.228 e. The monoisotopic (exact) mass is 296 g/mol. The van der Waals surface area contributed by atoms with Gasteiger partial charge in [0.25, 0.3) is 0 Å². The number of nitrogens with zero attached hydrogens (tertiary/aromatic N) is 2. The molecular weight excluding hydrogens is 272 g/mol. The Bertz CT molecular complexity index is 610. The van der Waals surface area contributed by atoms with E-state index in [0.29, 0.717) is 19.5 Å². The number of carbonyl (C=O) groups excluding carboxylic acids is 1. The molecule has 0 bridgehead atoms. The van der Waals surface area contributed by atoms with Crippen LogP contribution in [0, 0.1) is 6.92 Å². The lowest BCUT2D eigenvalue weighted by Gasteiger charge is -2.24. The Morgan fingerprint density at radius 3 is 2.32 bits per heavy atom. The molecule has 0 saturated heterocycles. The molecule has 22 heavy (non-hydrogen) atoms. The molecule has 0 aromatic heterocycles.